The Balaban J connectivity index is 1.50. The maximum Gasteiger partial charge on any atom is 0.237 e. The summed E-state index contributed by atoms with van der Waals surface area (Å²) in [7, 11) is 0. The van der Waals surface area contributed by atoms with Gasteiger partial charge >= 0.3 is 0 Å². The van der Waals surface area contributed by atoms with E-state index in [2.05, 4.69) is 15.6 Å². The van der Waals surface area contributed by atoms with Crippen molar-refractivity contribution in [1.29, 1.82) is 0 Å². The van der Waals surface area contributed by atoms with E-state index in [9.17, 15) is 4.79 Å². The van der Waals surface area contributed by atoms with Gasteiger partial charge in [-0.05, 0) is 25.0 Å². The molecule has 3 rings (SSSR count). The average Bonchev–Trinajstić information content (AvgIpc) is 3.07. The number of hydrogen-bond donors (Lipinski definition) is 2. The predicted molar refractivity (Wildman–Crippen MR) is 66.2 cm³/mol. The molecule has 96 valence electrons. The fraction of sp³-hybridized carbons (Fsp3) is 0.538. The molecule has 18 heavy (non-hydrogen) atoms. The molecule has 0 radical (unpaired) electrons. The van der Waals surface area contributed by atoms with Gasteiger partial charge in [0.1, 0.15) is 11.9 Å². The first-order chi connectivity index (χ1) is 8.81. The van der Waals surface area contributed by atoms with Gasteiger partial charge < -0.3 is 15.4 Å². The SMILES string of the molecule is O=C(NC1CC1)C1CC(Oc2cccnc2)CN1. The normalized spacial score (nSPS) is 26.9. The molecule has 2 fully saturated rings. The molecule has 1 aliphatic heterocycles. The summed E-state index contributed by atoms with van der Waals surface area (Å²) >= 11 is 0. The van der Waals surface area contributed by atoms with Crippen molar-refractivity contribution >= 4 is 5.91 Å². The minimum atomic E-state index is -0.118. The minimum absolute atomic E-state index is 0.0455. The Labute approximate surface area is 106 Å². The van der Waals surface area contributed by atoms with Crippen LogP contribution < -0.4 is 15.4 Å². The van der Waals surface area contributed by atoms with E-state index < -0.39 is 0 Å². The van der Waals surface area contributed by atoms with Gasteiger partial charge in [0.05, 0.1) is 12.2 Å². The quantitative estimate of drug-likeness (QED) is 0.812. The van der Waals surface area contributed by atoms with Gasteiger partial charge in [-0.3, -0.25) is 9.78 Å². The molecule has 2 aliphatic rings. The maximum atomic E-state index is 11.9. The lowest BCUT2D eigenvalue weighted by Crippen LogP contribution is -2.41. The molecule has 0 aromatic carbocycles. The van der Waals surface area contributed by atoms with Crippen LogP contribution >= 0.6 is 0 Å². The zero-order valence-corrected chi connectivity index (χ0v) is 10.1. The van der Waals surface area contributed by atoms with Crippen molar-refractivity contribution in [2.75, 3.05) is 6.54 Å². The Bertz CT molecular complexity index is 420. The summed E-state index contributed by atoms with van der Waals surface area (Å²) in [5.74, 6) is 0.863. The van der Waals surface area contributed by atoms with Gasteiger partial charge in [-0.15, -0.1) is 0 Å². The van der Waals surface area contributed by atoms with Crippen molar-refractivity contribution in [2.45, 2.75) is 37.5 Å². The zero-order chi connectivity index (χ0) is 12.4. The van der Waals surface area contributed by atoms with E-state index in [1.54, 1.807) is 12.4 Å². The van der Waals surface area contributed by atoms with Crippen LogP contribution in [0.15, 0.2) is 24.5 Å². The monoisotopic (exact) mass is 247 g/mol. The van der Waals surface area contributed by atoms with E-state index >= 15 is 0 Å². The third-order valence-electron chi connectivity index (χ3n) is 3.27. The highest BCUT2D eigenvalue weighted by Gasteiger charge is 2.33. The predicted octanol–water partition coefficient (Wildman–Crippen LogP) is 0.469. The van der Waals surface area contributed by atoms with Crippen LogP contribution in [-0.2, 0) is 4.79 Å². The molecule has 5 heteroatoms. The minimum Gasteiger partial charge on any atom is -0.487 e. The number of pyridine rings is 1. The Morgan fingerprint density at radius 2 is 2.39 bits per heavy atom. The summed E-state index contributed by atoms with van der Waals surface area (Å²) in [6, 6.07) is 4.02. The van der Waals surface area contributed by atoms with Gasteiger partial charge in [0.15, 0.2) is 0 Å². The molecule has 0 bridgehead atoms. The highest BCUT2D eigenvalue weighted by Crippen LogP contribution is 2.20. The van der Waals surface area contributed by atoms with Crippen molar-refractivity contribution in [3.63, 3.8) is 0 Å². The first kappa shape index (κ1) is 11.5. The number of carbonyl (C=O) groups excluding carboxylic acids is 1. The summed E-state index contributed by atoms with van der Waals surface area (Å²) < 4.78 is 5.77. The second-order valence-electron chi connectivity index (χ2n) is 4.91. The summed E-state index contributed by atoms with van der Waals surface area (Å²) in [5.41, 5.74) is 0. The number of nitrogens with one attached hydrogen (secondary N) is 2. The molecule has 1 saturated heterocycles. The summed E-state index contributed by atoms with van der Waals surface area (Å²) in [6.45, 7) is 0.706. The van der Waals surface area contributed by atoms with E-state index in [-0.39, 0.29) is 18.1 Å². The summed E-state index contributed by atoms with van der Waals surface area (Å²) in [5, 5.41) is 6.21. The first-order valence-corrected chi connectivity index (χ1v) is 6.42. The molecular formula is C13H17N3O2. The Hall–Kier alpha value is -1.62. The van der Waals surface area contributed by atoms with Gasteiger partial charge in [0, 0.05) is 25.2 Å². The van der Waals surface area contributed by atoms with Crippen LogP contribution in [0.2, 0.25) is 0 Å². The summed E-state index contributed by atoms with van der Waals surface area (Å²) in [6.07, 6.45) is 6.41. The van der Waals surface area contributed by atoms with Crippen LogP contribution in [0.1, 0.15) is 19.3 Å². The number of ether oxygens (including phenoxy) is 1. The topological polar surface area (TPSA) is 63.2 Å². The second-order valence-corrected chi connectivity index (χ2v) is 4.91. The molecule has 2 unspecified atom stereocenters. The van der Waals surface area contributed by atoms with Crippen molar-refractivity contribution in [1.82, 2.24) is 15.6 Å². The largest absolute Gasteiger partial charge is 0.487 e. The molecule has 0 spiro atoms. The second kappa shape index (κ2) is 4.94. The third-order valence-corrected chi connectivity index (χ3v) is 3.27. The average molecular weight is 247 g/mol. The fourth-order valence-corrected chi connectivity index (χ4v) is 2.13. The standard InChI is InChI=1S/C13H17N3O2/c17-13(16-9-3-4-9)12-6-11(8-15-12)18-10-2-1-5-14-7-10/h1-2,5,7,9,11-12,15H,3-4,6,8H2,(H,16,17). The van der Waals surface area contributed by atoms with Gasteiger partial charge in [-0.25, -0.2) is 0 Å². The van der Waals surface area contributed by atoms with Gasteiger partial charge in [0.25, 0.3) is 0 Å². The van der Waals surface area contributed by atoms with Crippen LogP contribution in [0.5, 0.6) is 5.75 Å². The van der Waals surface area contributed by atoms with Crippen LogP contribution in [-0.4, -0.2) is 35.6 Å². The fourth-order valence-electron chi connectivity index (χ4n) is 2.13. The highest BCUT2D eigenvalue weighted by atomic mass is 16.5. The molecule has 1 aromatic heterocycles. The number of amides is 1. The number of hydrogen-bond acceptors (Lipinski definition) is 4. The summed E-state index contributed by atoms with van der Waals surface area (Å²) in [4.78, 5) is 15.9. The smallest absolute Gasteiger partial charge is 0.237 e. The number of carbonyl (C=O) groups is 1. The molecular weight excluding hydrogens is 230 g/mol. The van der Waals surface area contributed by atoms with Gasteiger partial charge in [-0.2, -0.15) is 0 Å². The Kier molecular flexibility index (Phi) is 3.15. The van der Waals surface area contributed by atoms with Crippen molar-refractivity contribution in [2.24, 2.45) is 0 Å². The molecule has 1 saturated carbocycles. The van der Waals surface area contributed by atoms with Crippen LogP contribution in [0.4, 0.5) is 0 Å². The van der Waals surface area contributed by atoms with E-state index in [4.69, 9.17) is 4.74 Å². The van der Waals surface area contributed by atoms with Gasteiger partial charge in [-0.1, -0.05) is 0 Å². The van der Waals surface area contributed by atoms with E-state index in [0.717, 1.165) is 18.6 Å². The molecule has 1 aliphatic carbocycles. The number of rotatable bonds is 4. The molecule has 2 atom stereocenters. The molecule has 2 heterocycles. The van der Waals surface area contributed by atoms with Crippen LogP contribution in [0.25, 0.3) is 0 Å². The zero-order valence-electron chi connectivity index (χ0n) is 10.1. The third kappa shape index (κ3) is 2.79. The van der Waals surface area contributed by atoms with Crippen LogP contribution in [0, 0.1) is 0 Å². The first-order valence-electron chi connectivity index (χ1n) is 6.42. The van der Waals surface area contributed by atoms with Crippen molar-refractivity contribution < 1.29 is 9.53 Å². The van der Waals surface area contributed by atoms with E-state index in [0.29, 0.717) is 19.0 Å². The number of aromatic nitrogens is 1. The Morgan fingerprint density at radius 1 is 1.50 bits per heavy atom. The lowest BCUT2D eigenvalue weighted by Gasteiger charge is -2.12. The van der Waals surface area contributed by atoms with Gasteiger partial charge in [0.2, 0.25) is 5.91 Å². The number of nitrogens with zero attached hydrogens (tertiary/aromatic N) is 1. The van der Waals surface area contributed by atoms with Crippen molar-refractivity contribution in [3.8, 4) is 5.75 Å². The van der Waals surface area contributed by atoms with Crippen molar-refractivity contribution in [3.05, 3.63) is 24.5 Å². The molecule has 1 amide bonds. The molecule has 1 aromatic rings. The lowest BCUT2D eigenvalue weighted by atomic mass is 10.2. The Morgan fingerprint density at radius 3 is 3.11 bits per heavy atom. The molecule has 2 N–H and O–H groups in total. The lowest BCUT2D eigenvalue weighted by molar-refractivity contribution is -0.123. The maximum absolute atomic E-state index is 11.9. The molecule has 5 nitrogen and oxygen atoms in total. The van der Waals surface area contributed by atoms with E-state index in [1.165, 1.54) is 0 Å². The highest BCUT2D eigenvalue weighted by molar-refractivity contribution is 5.82. The van der Waals surface area contributed by atoms with Crippen LogP contribution in [0.3, 0.4) is 0 Å². The van der Waals surface area contributed by atoms with E-state index in [1.807, 2.05) is 12.1 Å².